The molecule has 5 heteroatoms. The van der Waals surface area contributed by atoms with Crippen LogP contribution in [0.25, 0.3) is 0 Å². The van der Waals surface area contributed by atoms with Gasteiger partial charge in [0.2, 0.25) is 5.91 Å². The molecule has 1 fully saturated rings. The molecule has 1 aliphatic heterocycles. The van der Waals surface area contributed by atoms with E-state index in [1.54, 1.807) is 11.8 Å². The minimum absolute atomic E-state index is 0.000770. The van der Waals surface area contributed by atoms with Crippen molar-refractivity contribution >= 4 is 35.0 Å². The number of carbonyl (C=O) groups is 1. The molecule has 1 amide bonds. The summed E-state index contributed by atoms with van der Waals surface area (Å²) in [5, 5.41) is 3.94. The van der Waals surface area contributed by atoms with Gasteiger partial charge in [-0.3, -0.25) is 9.69 Å². The van der Waals surface area contributed by atoms with Gasteiger partial charge in [0.25, 0.3) is 0 Å². The molecule has 0 saturated carbocycles. The van der Waals surface area contributed by atoms with Crippen molar-refractivity contribution < 1.29 is 4.79 Å². The first kappa shape index (κ1) is 21.0. The summed E-state index contributed by atoms with van der Waals surface area (Å²) in [7, 11) is 0. The molecule has 4 rings (SSSR count). The fraction of sp³-hybridized carbons (Fsp3) is 0.240. The van der Waals surface area contributed by atoms with Crippen LogP contribution in [0.2, 0.25) is 5.02 Å². The molecule has 0 spiro atoms. The molecule has 1 heterocycles. The molecule has 3 nitrogen and oxygen atoms in total. The van der Waals surface area contributed by atoms with Crippen LogP contribution in [0.4, 0.5) is 5.69 Å². The van der Waals surface area contributed by atoms with Gasteiger partial charge >= 0.3 is 0 Å². The Bertz CT molecular complexity index is 978. The molecular weight excluding hydrogens is 412 g/mol. The van der Waals surface area contributed by atoms with Gasteiger partial charge < -0.3 is 5.32 Å². The van der Waals surface area contributed by atoms with E-state index in [0.717, 1.165) is 53.0 Å². The molecule has 3 aromatic carbocycles. The average Bonchev–Trinajstić information content (AvgIpc) is 2.78. The molecule has 3 aromatic rings. The van der Waals surface area contributed by atoms with Crippen LogP contribution in [0.5, 0.6) is 0 Å². The fourth-order valence-electron chi connectivity index (χ4n) is 3.77. The Morgan fingerprint density at radius 1 is 1.00 bits per heavy atom. The summed E-state index contributed by atoms with van der Waals surface area (Å²) in [6, 6.07) is 26.2. The van der Waals surface area contributed by atoms with Gasteiger partial charge in [-0.15, -0.1) is 0 Å². The standard InChI is InChI=1S/C25H25ClN2OS/c26-21-14-12-19(13-15-21)17-28-16-6-7-20(18-28)25(29)27-23-10-4-5-11-24(23)30-22-8-2-1-3-9-22/h1-5,8-15,20H,6-7,16-18H2,(H,27,29). The van der Waals surface area contributed by atoms with Crippen LogP contribution in [0.3, 0.4) is 0 Å². The van der Waals surface area contributed by atoms with Crippen molar-refractivity contribution in [3.8, 4) is 0 Å². The summed E-state index contributed by atoms with van der Waals surface area (Å²) >= 11 is 7.66. The maximum atomic E-state index is 13.1. The Morgan fingerprint density at radius 2 is 1.73 bits per heavy atom. The highest BCUT2D eigenvalue weighted by molar-refractivity contribution is 7.99. The third kappa shape index (κ3) is 5.66. The summed E-state index contributed by atoms with van der Waals surface area (Å²) in [5.41, 5.74) is 2.11. The SMILES string of the molecule is O=C(Nc1ccccc1Sc1ccccc1)C1CCCN(Cc2ccc(Cl)cc2)C1. The number of hydrogen-bond donors (Lipinski definition) is 1. The van der Waals surface area contributed by atoms with Crippen LogP contribution in [-0.4, -0.2) is 23.9 Å². The van der Waals surface area contributed by atoms with E-state index in [1.807, 2.05) is 48.5 Å². The number of rotatable bonds is 6. The molecule has 0 bridgehead atoms. The Morgan fingerprint density at radius 3 is 2.53 bits per heavy atom. The lowest BCUT2D eigenvalue weighted by molar-refractivity contribution is -0.121. The highest BCUT2D eigenvalue weighted by Gasteiger charge is 2.26. The predicted molar refractivity (Wildman–Crippen MR) is 125 cm³/mol. The summed E-state index contributed by atoms with van der Waals surface area (Å²) in [5.74, 6) is 0.109. The van der Waals surface area contributed by atoms with Crippen LogP contribution >= 0.6 is 23.4 Å². The molecule has 1 N–H and O–H groups in total. The lowest BCUT2D eigenvalue weighted by Crippen LogP contribution is -2.40. The van der Waals surface area contributed by atoms with Gasteiger partial charge in [-0.25, -0.2) is 0 Å². The molecular formula is C25H25ClN2OS. The smallest absolute Gasteiger partial charge is 0.228 e. The van der Waals surface area contributed by atoms with E-state index in [-0.39, 0.29) is 11.8 Å². The van der Waals surface area contributed by atoms with Gasteiger partial charge in [-0.05, 0) is 61.3 Å². The van der Waals surface area contributed by atoms with E-state index < -0.39 is 0 Å². The largest absolute Gasteiger partial charge is 0.325 e. The van der Waals surface area contributed by atoms with E-state index in [4.69, 9.17) is 11.6 Å². The number of para-hydroxylation sites is 1. The van der Waals surface area contributed by atoms with Crippen LogP contribution in [0.15, 0.2) is 88.7 Å². The first-order valence-corrected chi connectivity index (χ1v) is 11.5. The van der Waals surface area contributed by atoms with Crippen LogP contribution < -0.4 is 5.32 Å². The maximum Gasteiger partial charge on any atom is 0.228 e. The predicted octanol–water partition coefficient (Wildman–Crippen LogP) is 6.34. The van der Waals surface area contributed by atoms with Crippen molar-refractivity contribution in [2.24, 2.45) is 5.92 Å². The highest BCUT2D eigenvalue weighted by atomic mass is 35.5. The number of piperidine rings is 1. The molecule has 154 valence electrons. The summed E-state index contributed by atoms with van der Waals surface area (Å²) in [6.45, 7) is 2.65. The van der Waals surface area contributed by atoms with Gasteiger partial charge in [-0.2, -0.15) is 0 Å². The maximum absolute atomic E-state index is 13.1. The van der Waals surface area contributed by atoms with E-state index in [2.05, 4.69) is 40.5 Å². The molecule has 1 aliphatic rings. The monoisotopic (exact) mass is 436 g/mol. The zero-order valence-corrected chi connectivity index (χ0v) is 18.3. The number of anilines is 1. The number of likely N-dealkylation sites (tertiary alicyclic amines) is 1. The third-order valence-corrected chi connectivity index (χ3v) is 6.65. The average molecular weight is 437 g/mol. The number of nitrogens with zero attached hydrogens (tertiary/aromatic N) is 1. The zero-order valence-electron chi connectivity index (χ0n) is 16.8. The Labute approximate surface area is 187 Å². The minimum Gasteiger partial charge on any atom is -0.325 e. The Hall–Kier alpha value is -2.27. The number of benzene rings is 3. The first-order valence-electron chi connectivity index (χ1n) is 10.3. The summed E-state index contributed by atoms with van der Waals surface area (Å²) in [6.07, 6.45) is 1.96. The van der Waals surface area contributed by atoms with Crippen molar-refractivity contribution in [2.45, 2.75) is 29.2 Å². The number of halogens is 1. The van der Waals surface area contributed by atoms with Crippen LogP contribution in [0, 0.1) is 5.92 Å². The van der Waals surface area contributed by atoms with Gasteiger partial charge in [0.05, 0.1) is 11.6 Å². The highest BCUT2D eigenvalue weighted by Crippen LogP contribution is 2.33. The van der Waals surface area contributed by atoms with Gasteiger partial charge in [-0.1, -0.05) is 65.8 Å². The van der Waals surface area contributed by atoms with E-state index in [1.165, 1.54) is 5.56 Å². The van der Waals surface area contributed by atoms with E-state index in [0.29, 0.717) is 0 Å². The number of nitrogens with one attached hydrogen (secondary N) is 1. The summed E-state index contributed by atoms with van der Waals surface area (Å²) in [4.78, 5) is 17.6. The number of amides is 1. The topological polar surface area (TPSA) is 32.3 Å². The van der Waals surface area contributed by atoms with Gasteiger partial charge in [0.1, 0.15) is 0 Å². The van der Waals surface area contributed by atoms with Crippen molar-refractivity contribution in [2.75, 3.05) is 18.4 Å². The minimum atomic E-state index is 0.000770. The molecule has 0 radical (unpaired) electrons. The molecule has 1 saturated heterocycles. The van der Waals surface area contributed by atoms with E-state index in [9.17, 15) is 4.79 Å². The first-order chi connectivity index (χ1) is 14.7. The second-order valence-corrected chi connectivity index (χ2v) is 9.15. The molecule has 0 aliphatic carbocycles. The molecule has 1 unspecified atom stereocenters. The number of carbonyl (C=O) groups excluding carboxylic acids is 1. The van der Waals surface area contributed by atoms with Crippen molar-refractivity contribution in [1.82, 2.24) is 4.90 Å². The second-order valence-electron chi connectivity index (χ2n) is 7.60. The fourth-order valence-corrected chi connectivity index (χ4v) is 4.82. The van der Waals surface area contributed by atoms with Crippen molar-refractivity contribution in [3.05, 3.63) is 89.4 Å². The lowest BCUT2D eigenvalue weighted by Gasteiger charge is -2.32. The van der Waals surface area contributed by atoms with E-state index >= 15 is 0 Å². The molecule has 1 atom stereocenters. The zero-order chi connectivity index (χ0) is 20.8. The van der Waals surface area contributed by atoms with Crippen molar-refractivity contribution in [1.29, 1.82) is 0 Å². The Kier molecular flexibility index (Phi) is 7.11. The lowest BCUT2D eigenvalue weighted by atomic mass is 9.96. The van der Waals surface area contributed by atoms with Gasteiger partial charge in [0.15, 0.2) is 0 Å². The third-order valence-electron chi connectivity index (χ3n) is 5.31. The number of hydrogen-bond acceptors (Lipinski definition) is 3. The van der Waals surface area contributed by atoms with Crippen LogP contribution in [-0.2, 0) is 11.3 Å². The Balaban J connectivity index is 1.39. The molecule has 30 heavy (non-hydrogen) atoms. The molecule has 0 aromatic heterocycles. The van der Waals surface area contributed by atoms with Crippen molar-refractivity contribution in [3.63, 3.8) is 0 Å². The van der Waals surface area contributed by atoms with Gasteiger partial charge in [0, 0.05) is 27.9 Å². The van der Waals surface area contributed by atoms with Crippen LogP contribution in [0.1, 0.15) is 18.4 Å². The normalized spacial score (nSPS) is 16.9. The second kappa shape index (κ2) is 10.2. The quantitative estimate of drug-likeness (QED) is 0.489. The summed E-state index contributed by atoms with van der Waals surface area (Å²) < 4.78 is 0.